The van der Waals surface area contributed by atoms with Gasteiger partial charge in [0.15, 0.2) is 0 Å². The van der Waals surface area contributed by atoms with Crippen LogP contribution in [-0.4, -0.2) is 22.6 Å². The second-order valence-corrected chi connectivity index (χ2v) is 7.93. The van der Waals surface area contributed by atoms with Crippen molar-refractivity contribution in [2.75, 3.05) is 11.9 Å². The summed E-state index contributed by atoms with van der Waals surface area (Å²) in [6.45, 7) is 6.04. The average molecular weight is 398 g/mol. The molecule has 3 N–H and O–H groups in total. The third-order valence-electron chi connectivity index (χ3n) is 5.17. The molecule has 7 heteroatoms. The molecule has 0 radical (unpaired) electrons. The van der Waals surface area contributed by atoms with Crippen LogP contribution in [0.15, 0.2) is 48.6 Å². The largest absolute Gasteiger partial charge is 0.369 e. The van der Waals surface area contributed by atoms with Crippen LogP contribution in [0.4, 0.5) is 14.6 Å². The predicted octanol–water partition coefficient (Wildman–Crippen LogP) is 3.84. The molecule has 0 bridgehead atoms. The summed E-state index contributed by atoms with van der Waals surface area (Å²) in [5, 5.41) is 11.5. The van der Waals surface area contributed by atoms with Gasteiger partial charge in [-0.15, -0.1) is 10.2 Å². The van der Waals surface area contributed by atoms with Crippen molar-refractivity contribution in [2.24, 2.45) is 17.6 Å². The third kappa shape index (κ3) is 4.67. The van der Waals surface area contributed by atoms with E-state index in [4.69, 9.17) is 5.73 Å². The fraction of sp³-hybridized carbons (Fsp3) is 0.318. The van der Waals surface area contributed by atoms with Crippen LogP contribution in [0.3, 0.4) is 0 Å². The molecule has 2 atom stereocenters. The van der Waals surface area contributed by atoms with Gasteiger partial charge in [0.25, 0.3) is 0 Å². The molecule has 5 nitrogen and oxygen atoms in total. The van der Waals surface area contributed by atoms with Crippen molar-refractivity contribution >= 4 is 17.3 Å². The Morgan fingerprint density at radius 2 is 1.97 bits per heavy atom. The van der Waals surface area contributed by atoms with E-state index >= 15 is 0 Å². The highest BCUT2D eigenvalue weighted by Gasteiger charge is 2.25. The highest BCUT2D eigenvalue weighted by atomic mass is 19.1. The van der Waals surface area contributed by atoms with Gasteiger partial charge in [0.05, 0.1) is 11.6 Å². The SMILES string of the molecule is CC1C=CC(c2ccc(NCC(C)(C)c3ccc(F)cc3F)nn2)=CC1C(N)=O. The summed E-state index contributed by atoms with van der Waals surface area (Å²) in [6.07, 6.45) is 5.64. The van der Waals surface area contributed by atoms with Crippen molar-refractivity contribution < 1.29 is 13.6 Å². The van der Waals surface area contributed by atoms with Gasteiger partial charge in [-0.1, -0.05) is 45.1 Å². The lowest BCUT2D eigenvalue weighted by Gasteiger charge is -2.26. The number of amides is 1. The van der Waals surface area contributed by atoms with E-state index in [0.717, 1.165) is 11.6 Å². The molecule has 0 aliphatic heterocycles. The Morgan fingerprint density at radius 1 is 1.21 bits per heavy atom. The number of hydrogen-bond donors (Lipinski definition) is 2. The maximum atomic E-state index is 14.1. The van der Waals surface area contributed by atoms with Gasteiger partial charge in [0.2, 0.25) is 5.91 Å². The molecule has 2 aromatic rings. The summed E-state index contributed by atoms with van der Waals surface area (Å²) in [5.74, 6) is -1.35. The molecule has 1 heterocycles. The minimum absolute atomic E-state index is 0.0410. The van der Waals surface area contributed by atoms with E-state index in [-0.39, 0.29) is 17.7 Å². The molecule has 3 rings (SSSR count). The number of allylic oxidation sites excluding steroid dienone is 3. The molecule has 152 valence electrons. The first kappa shape index (κ1) is 20.6. The van der Waals surface area contributed by atoms with E-state index in [1.165, 1.54) is 12.1 Å². The number of benzene rings is 1. The van der Waals surface area contributed by atoms with Crippen LogP contribution in [0.25, 0.3) is 5.57 Å². The average Bonchev–Trinajstić information content (AvgIpc) is 2.67. The summed E-state index contributed by atoms with van der Waals surface area (Å²) in [7, 11) is 0. The number of carbonyl (C=O) groups is 1. The molecule has 0 fully saturated rings. The molecule has 0 saturated carbocycles. The molecule has 29 heavy (non-hydrogen) atoms. The van der Waals surface area contributed by atoms with E-state index in [9.17, 15) is 13.6 Å². The molecule has 1 aliphatic rings. The summed E-state index contributed by atoms with van der Waals surface area (Å²) in [4.78, 5) is 11.6. The Morgan fingerprint density at radius 3 is 2.59 bits per heavy atom. The number of primary amides is 1. The number of anilines is 1. The Bertz CT molecular complexity index is 967. The van der Waals surface area contributed by atoms with Gasteiger partial charge in [-0.3, -0.25) is 4.79 Å². The molecule has 1 aromatic heterocycles. The second-order valence-electron chi connectivity index (χ2n) is 7.93. The quantitative estimate of drug-likeness (QED) is 0.775. The van der Waals surface area contributed by atoms with Crippen LogP contribution in [0, 0.1) is 23.5 Å². The monoisotopic (exact) mass is 398 g/mol. The molecule has 1 amide bonds. The maximum Gasteiger partial charge on any atom is 0.224 e. The zero-order valence-electron chi connectivity index (χ0n) is 16.6. The zero-order valence-corrected chi connectivity index (χ0v) is 16.6. The molecule has 1 aliphatic carbocycles. The number of halogens is 2. The molecule has 2 unspecified atom stereocenters. The van der Waals surface area contributed by atoms with Gasteiger partial charge >= 0.3 is 0 Å². The lowest BCUT2D eigenvalue weighted by Crippen LogP contribution is -2.29. The Labute approximate surface area is 168 Å². The number of rotatable bonds is 6. The van der Waals surface area contributed by atoms with Gasteiger partial charge in [0.1, 0.15) is 17.5 Å². The van der Waals surface area contributed by atoms with Crippen LogP contribution in [-0.2, 0) is 10.2 Å². The van der Waals surface area contributed by atoms with Crippen LogP contribution >= 0.6 is 0 Å². The molecule has 1 aromatic carbocycles. The van der Waals surface area contributed by atoms with E-state index in [1.807, 2.05) is 39.0 Å². The van der Waals surface area contributed by atoms with Crippen molar-refractivity contribution in [3.05, 3.63) is 71.5 Å². The Kier molecular flexibility index (Phi) is 5.77. The molecule has 0 spiro atoms. The molecular formula is C22H24F2N4O. The number of carbonyl (C=O) groups excluding carboxylic acids is 1. The first-order chi connectivity index (χ1) is 13.7. The number of nitrogens with zero attached hydrogens (tertiary/aromatic N) is 2. The molecule has 0 saturated heterocycles. The Hall–Kier alpha value is -3.09. The van der Waals surface area contributed by atoms with Crippen molar-refractivity contribution in [1.29, 1.82) is 0 Å². The smallest absolute Gasteiger partial charge is 0.224 e. The van der Waals surface area contributed by atoms with E-state index in [2.05, 4.69) is 15.5 Å². The van der Waals surface area contributed by atoms with Crippen LogP contribution in [0.2, 0.25) is 0 Å². The summed E-state index contributed by atoms with van der Waals surface area (Å²) in [5.41, 5.74) is 6.71. The van der Waals surface area contributed by atoms with Crippen molar-refractivity contribution in [1.82, 2.24) is 10.2 Å². The van der Waals surface area contributed by atoms with Gasteiger partial charge in [-0.2, -0.15) is 0 Å². The zero-order chi connectivity index (χ0) is 21.2. The van der Waals surface area contributed by atoms with Crippen molar-refractivity contribution in [2.45, 2.75) is 26.2 Å². The standard InChI is InChI=1S/C22H24F2N4O/c1-13-4-5-14(10-16(13)21(25)29)19-8-9-20(28-27-19)26-12-22(2,3)17-7-6-15(23)11-18(17)24/h4-11,13,16H,12H2,1-3H3,(H2,25,29)(H,26,28). The van der Waals surface area contributed by atoms with Crippen LogP contribution in [0.1, 0.15) is 32.0 Å². The van der Waals surface area contributed by atoms with E-state index in [1.54, 1.807) is 12.1 Å². The minimum atomic E-state index is -0.601. The first-order valence-corrected chi connectivity index (χ1v) is 9.40. The van der Waals surface area contributed by atoms with Gasteiger partial charge in [-0.25, -0.2) is 8.78 Å². The minimum Gasteiger partial charge on any atom is -0.369 e. The second kappa shape index (κ2) is 8.11. The van der Waals surface area contributed by atoms with Gasteiger partial charge in [0, 0.05) is 18.0 Å². The highest BCUT2D eigenvalue weighted by Crippen LogP contribution is 2.28. The summed E-state index contributed by atoms with van der Waals surface area (Å²) < 4.78 is 27.3. The number of hydrogen-bond acceptors (Lipinski definition) is 4. The third-order valence-corrected chi connectivity index (χ3v) is 5.17. The van der Waals surface area contributed by atoms with Crippen molar-refractivity contribution in [3.63, 3.8) is 0 Å². The van der Waals surface area contributed by atoms with Gasteiger partial charge in [-0.05, 0) is 35.3 Å². The Balaban J connectivity index is 1.70. The van der Waals surface area contributed by atoms with E-state index < -0.39 is 17.0 Å². The predicted molar refractivity (Wildman–Crippen MR) is 109 cm³/mol. The first-order valence-electron chi connectivity index (χ1n) is 9.40. The van der Waals surface area contributed by atoms with E-state index in [0.29, 0.717) is 23.6 Å². The number of nitrogens with one attached hydrogen (secondary N) is 1. The maximum absolute atomic E-state index is 14.1. The number of nitrogens with two attached hydrogens (primary N) is 1. The summed E-state index contributed by atoms with van der Waals surface area (Å²) in [6, 6.07) is 7.16. The van der Waals surface area contributed by atoms with Crippen LogP contribution in [0.5, 0.6) is 0 Å². The number of aromatic nitrogens is 2. The molecular weight excluding hydrogens is 374 g/mol. The van der Waals surface area contributed by atoms with Crippen molar-refractivity contribution in [3.8, 4) is 0 Å². The topological polar surface area (TPSA) is 80.9 Å². The lowest BCUT2D eigenvalue weighted by molar-refractivity contribution is -0.121. The normalized spacial score (nSPS) is 19.0. The highest BCUT2D eigenvalue weighted by molar-refractivity contribution is 5.84. The lowest BCUT2D eigenvalue weighted by atomic mass is 9.84. The fourth-order valence-corrected chi connectivity index (χ4v) is 3.31. The fourth-order valence-electron chi connectivity index (χ4n) is 3.31. The van der Waals surface area contributed by atoms with Crippen LogP contribution < -0.4 is 11.1 Å². The van der Waals surface area contributed by atoms with Gasteiger partial charge < -0.3 is 11.1 Å². The summed E-state index contributed by atoms with van der Waals surface area (Å²) >= 11 is 0.